The van der Waals surface area contributed by atoms with Crippen LogP contribution >= 0.6 is 0 Å². The molecule has 0 aliphatic heterocycles. The zero-order valence-electron chi connectivity index (χ0n) is 15.6. The minimum atomic E-state index is -3.77. The van der Waals surface area contributed by atoms with Crippen LogP contribution in [0.1, 0.15) is 32.8 Å². The maximum atomic E-state index is 14.4. The summed E-state index contributed by atoms with van der Waals surface area (Å²) in [5.74, 6) is -0.717. The van der Waals surface area contributed by atoms with Crippen molar-refractivity contribution >= 4 is 10.0 Å². The van der Waals surface area contributed by atoms with Crippen molar-refractivity contribution in [2.45, 2.75) is 37.5 Å². The van der Waals surface area contributed by atoms with Gasteiger partial charge in [0, 0.05) is 18.0 Å². The number of sulfonamides is 1. The van der Waals surface area contributed by atoms with Gasteiger partial charge in [0.2, 0.25) is 10.0 Å². The zero-order valence-corrected chi connectivity index (χ0v) is 16.4. The topological polar surface area (TPSA) is 55.4 Å². The maximum Gasteiger partial charge on any atom is 0.240 e. The Labute approximate surface area is 158 Å². The minimum Gasteiger partial charge on any atom is -0.494 e. The summed E-state index contributed by atoms with van der Waals surface area (Å²) in [4.78, 5) is 0.110. The van der Waals surface area contributed by atoms with Crippen molar-refractivity contribution in [1.29, 1.82) is 0 Å². The Morgan fingerprint density at radius 3 is 2.26 bits per heavy atom. The summed E-state index contributed by atoms with van der Waals surface area (Å²) in [6, 6.07) is 9.57. The SMILES string of the molecule is CCOc1ccc(S(=O)(=O)NCC2(c3ccc(F)cc3F)CC2(C)C)cc1. The molecule has 1 unspecified atom stereocenters. The van der Waals surface area contributed by atoms with Gasteiger partial charge < -0.3 is 4.74 Å². The molecular weight excluding hydrogens is 372 g/mol. The molecule has 1 aliphatic rings. The third kappa shape index (κ3) is 3.71. The molecule has 2 aromatic carbocycles. The van der Waals surface area contributed by atoms with Crippen LogP contribution in [0.5, 0.6) is 5.75 Å². The Balaban J connectivity index is 1.82. The highest BCUT2D eigenvalue weighted by Crippen LogP contribution is 2.64. The molecule has 1 aliphatic carbocycles. The average Bonchev–Trinajstić information content (AvgIpc) is 3.16. The van der Waals surface area contributed by atoms with Crippen LogP contribution in [-0.2, 0) is 15.4 Å². The normalized spacial score (nSPS) is 21.1. The monoisotopic (exact) mass is 395 g/mol. The Morgan fingerprint density at radius 1 is 1.11 bits per heavy atom. The van der Waals surface area contributed by atoms with Gasteiger partial charge in [-0.2, -0.15) is 0 Å². The Bertz CT molecular complexity index is 942. The van der Waals surface area contributed by atoms with Crippen LogP contribution in [0.25, 0.3) is 0 Å². The summed E-state index contributed by atoms with van der Waals surface area (Å²) in [6.07, 6.45) is 0.606. The van der Waals surface area contributed by atoms with Gasteiger partial charge in [-0.3, -0.25) is 0 Å². The fourth-order valence-electron chi connectivity index (χ4n) is 3.63. The first kappa shape index (κ1) is 19.8. The van der Waals surface area contributed by atoms with E-state index in [1.165, 1.54) is 24.3 Å². The summed E-state index contributed by atoms with van der Waals surface area (Å²) in [5.41, 5.74) is -0.667. The smallest absolute Gasteiger partial charge is 0.240 e. The van der Waals surface area contributed by atoms with E-state index < -0.39 is 27.1 Å². The Hall–Kier alpha value is -1.99. The molecule has 1 saturated carbocycles. The molecule has 146 valence electrons. The van der Waals surface area contributed by atoms with E-state index in [1.54, 1.807) is 12.1 Å². The van der Waals surface area contributed by atoms with E-state index in [2.05, 4.69) is 4.72 Å². The summed E-state index contributed by atoms with van der Waals surface area (Å²) in [7, 11) is -3.77. The largest absolute Gasteiger partial charge is 0.494 e. The lowest BCUT2D eigenvalue weighted by atomic mass is 9.87. The lowest BCUT2D eigenvalue weighted by Gasteiger charge is -2.22. The maximum absolute atomic E-state index is 14.4. The summed E-state index contributed by atoms with van der Waals surface area (Å²) >= 11 is 0. The second kappa shape index (κ2) is 6.87. The molecule has 1 N–H and O–H groups in total. The Morgan fingerprint density at radius 2 is 1.74 bits per heavy atom. The molecule has 3 rings (SSSR count). The number of ether oxygens (including phenoxy) is 1. The van der Waals surface area contributed by atoms with E-state index >= 15 is 0 Å². The van der Waals surface area contributed by atoms with Crippen LogP contribution < -0.4 is 9.46 Å². The van der Waals surface area contributed by atoms with Gasteiger partial charge in [-0.05, 0) is 54.7 Å². The molecule has 0 spiro atoms. The molecule has 0 aromatic heterocycles. The first-order valence-corrected chi connectivity index (χ1v) is 10.3. The van der Waals surface area contributed by atoms with Crippen molar-refractivity contribution in [2.24, 2.45) is 5.41 Å². The van der Waals surface area contributed by atoms with Crippen molar-refractivity contribution in [1.82, 2.24) is 4.72 Å². The quantitative estimate of drug-likeness (QED) is 0.771. The number of rotatable bonds is 7. The van der Waals surface area contributed by atoms with Crippen LogP contribution in [0.15, 0.2) is 47.4 Å². The first-order valence-electron chi connectivity index (χ1n) is 8.79. The van der Waals surface area contributed by atoms with Gasteiger partial charge in [0.25, 0.3) is 0 Å². The minimum absolute atomic E-state index is 0.0398. The van der Waals surface area contributed by atoms with Crippen LogP contribution in [0.3, 0.4) is 0 Å². The van der Waals surface area contributed by atoms with Crippen molar-refractivity contribution in [3.63, 3.8) is 0 Å². The molecule has 2 aromatic rings. The van der Waals surface area contributed by atoms with Crippen molar-refractivity contribution < 1.29 is 21.9 Å². The van der Waals surface area contributed by atoms with Gasteiger partial charge in [-0.15, -0.1) is 0 Å². The van der Waals surface area contributed by atoms with Gasteiger partial charge in [0.15, 0.2) is 0 Å². The summed E-state index contributed by atoms with van der Waals surface area (Å²) < 4.78 is 60.8. The predicted molar refractivity (Wildman–Crippen MR) is 99.2 cm³/mol. The second-order valence-corrected chi connectivity index (χ2v) is 9.26. The molecule has 0 radical (unpaired) electrons. The fraction of sp³-hybridized carbons (Fsp3) is 0.400. The van der Waals surface area contributed by atoms with Gasteiger partial charge >= 0.3 is 0 Å². The molecule has 1 fully saturated rings. The van der Waals surface area contributed by atoms with Crippen LogP contribution in [0.2, 0.25) is 0 Å². The van der Waals surface area contributed by atoms with Gasteiger partial charge in [-0.25, -0.2) is 21.9 Å². The van der Waals surface area contributed by atoms with Crippen molar-refractivity contribution in [2.75, 3.05) is 13.2 Å². The van der Waals surface area contributed by atoms with Gasteiger partial charge in [-0.1, -0.05) is 19.9 Å². The number of halogens is 2. The van der Waals surface area contributed by atoms with E-state index in [0.29, 0.717) is 24.3 Å². The summed E-state index contributed by atoms with van der Waals surface area (Å²) in [5, 5.41) is 0. The third-order valence-electron chi connectivity index (χ3n) is 5.37. The molecule has 27 heavy (non-hydrogen) atoms. The van der Waals surface area contributed by atoms with Gasteiger partial charge in [0.1, 0.15) is 17.4 Å². The van der Waals surface area contributed by atoms with Gasteiger partial charge in [0.05, 0.1) is 11.5 Å². The molecule has 7 heteroatoms. The number of benzene rings is 2. The number of hydrogen-bond donors (Lipinski definition) is 1. The lowest BCUT2D eigenvalue weighted by molar-refractivity contribution is 0.340. The Kier molecular flexibility index (Phi) is 5.03. The third-order valence-corrected chi connectivity index (χ3v) is 6.79. The average molecular weight is 395 g/mol. The van der Waals surface area contributed by atoms with Crippen molar-refractivity contribution in [3.8, 4) is 5.75 Å². The molecule has 4 nitrogen and oxygen atoms in total. The van der Waals surface area contributed by atoms with E-state index in [0.717, 1.165) is 6.07 Å². The van der Waals surface area contributed by atoms with E-state index in [1.807, 2.05) is 20.8 Å². The number of nitrogens with one attached hydrogen (secondary N) is 1. The highest BCUT2D eigenvalue weighted by molar-refractivity contribution is 7.89. The standard InChI is InChI=1S/C20H23F2NO3S/c1-4-26-15-6-8-16(9-7-15)27(24,25)23-13-20(12-19(20,2)3)17-10-5-14(21)11-18(17)22/h5-11,23H,4,12-13H2,1-3H3. The lowest BCUT2D eigenvalue weighted by Crippen LogP contribution is -2.35. The molecule has 0 amide bonds. The molecular formula is C20H23F2NO3S. The van der Waals surface area contributed by atoms with E-state index in [4.69, 9.17) is 4.74 Å². The molecule has 1 atom stereocenters. The predicted octanol–water partition coefficient (Wildman–Crippen LogP) is 4.01. The van der Waals surface area contributed by atoms with Crippen LogP contribution in [0, 0.1) is 17.0 Å². The second-order valence-electron chi connectivity index (χ2n) is 7.50. The van der Waals surface area contributed by atoms with E-state index in [9.17, 15) is 17.2 Å². The van der Waals surface area contributed by atoms with Crippen LogP contribution in [-0.4, -0.2) is 21.6 Å². The molecule has 0 bridgehead atoms. The fourth-order valence-corrected chi connectivity index (χ4v) is 4.73. The first-order chi connectivity index (χ1) is 12.6. The highest BCUT2D eigenvalue weighted by atomic mass is 32.2. The summed E-state index contributed by atoms with van der Waals surface area (Å²) in [6.45, 7) is 6.27. The van der Waals surface area contributed by atoms with E-state index in [-0.39, 0.29) is 16.9 Å². The number of hydrogen-bond acceptors (Lipinski definition) is 3. The zero-order chi connectivity index (χ0) is 19.9. The van der Waals surface area contributed by atoms with Crippen molar-refractivity contribution in [3.05, 3.63) is 59.7 Å². The molecule has 0 saturated heterocycles. The highest BCUT2D eigenvalue weighted by Gasteiger charge is 2.62. The van der Waals surface area contributed by atoms with Crippen LogP contribution in [0.4, 0.5) is 8.78 Å². The molecule has 0 heterocycles.